The van der Waals surface area contributed by atoms with Gasteiger partial charge in [0, 0.05) is 61.6 Å². The van der Waals surface area contributed by atoms with E-state index in [1.807, 2.05) is 30.5 Å². The van der Waals surface area contributed by atoms with E-state index >= 15 is 0 Å². The number of aromatic nitrogens is 2. The van der Waals surface area contributed by atoms with Crippen LogP contribution >= 0.6 is 11.8 Å². The first-order chi connectivity index (χ1) is 21.1. The highest BCUT2D eigenvalue weighted by molar-refractivity contribution is 7.99. The van der Waals surface area contributed by atoms with Gasteiger partial charge in [-0.25, -0.2) is 4.98 Å². The molecule has 3 aromatic rings. The Morgan fingerprint density at radius 3 is 2.34 bits per heavy atom. The summed E-state index contributed by atoms with van der Waals surface area (Å²) in [5, 5.41) is 11.8. The lowest BCUT2D eigenvalue weighted by atomic mass is 9.95. The zero-order chi connectivity index (χ0) is 31.5. The van der Waals surface area contributed by atoms with Gasteiger partial charge >= 0.3 is 23.9 Å². The predicted molar refractivity (Wildman–Crippen MR) is 156 cm³/mol. The molecule has 44 heavy (non-hydrogen) atoms. The van der Waals surface area contributed by atoms with Gasteiger partial charge in [-0.05, 0) is 30.9 Å². The number of nitrogens with one attached hydrogen (secondary N) is 1. The lowest BCUT2D eigenvalue weighted by Crippen LogP contribution is -2.61. The Morgan fingerprint density at radius 2 is 1.66 bits per heavy atom. The minimum atomic E-state index is -1.32. The van der Waals surface area contributed by atoms with Crippen molar-refractivity contribution in [1.82, 2.24) is 9.97 Å². The second-order valence-electron chi connectivity index (χ2n) is 10.5. The summed E-state index contributed by atoms with van der Waals surface area (Å²) in [7, 11) is 0. The molecular formula is C31H31N3O9S. The molecule has 13 heteroatoms. The van der Waals surface area contributed by atoms with E-state index in [0.717, 1.165) is 71.7 Å². The van der Waals surface area contributed by atoms with Crippen LogP contribution in [0.3, 0.4) is 0 Å². The molecule has 0 saturated carbocycles. The van der Waals surface area contributed by atoms with Crippen molar-refractivity contribution in [1.29, 1.82) is 5.26 Å². The number of rotatable bonds is 8. The Morgan fingerprint density at radius 1 is 0.977 bits per heavy atom. The maximum atomic E-state index is 12.3. The second-order valence-corrected chi connectivity index (χ2v) is 11.6. The normalized spacial score (nSPS) is 22.5. The highest BCUT2D eigenvalue weighted by Crippen LogP contribution is 2.44. The number of ether oxygens (including phenoxy) is 5. The zero-order valence-corrected chi connectivity index (χ0v) is 25.4. The fourth-order valence-electron chi connectivity index (χ4n) is 5.71. The summed E-state index contributed by atoms with van der Waals surface area (Å²) in [5.74, 6) is -2.76. The molecule has 1 aromatic carbocycles. The molecule has 0 unspecified atom stereocenters. The molecule has 0 bridgehead atoms. The summed E-state index contributed by atoms with van der Waals surface area (Å²) in [6, 6.07) is 10.1. The van der Waals surface area contributed by atoms with E-state index in [1.54, 1.807) is 0 Å². The molecule has 1 N–H and O–H groups in total. The van der Waals surface area contributed by atoms with Crippen LogP contribution in [0.5, 0.6) is 0 Å². The van der Waals surface area contributed by atoms with Gasteiger partial charge in [0.25, 0.3) is 0 Å². The van der Waals surface area contributed by atoms with Crippen LogP contribution in [0.2, 0.25) is 0 Å². The van der Waals surface area contributed by atoms with E-state index in [1.165, 1.54) is 13.8 Å². The van der Waals surface area contributed by atoms with Crippen molar-refractivity contribution in [2.45, 2.75) is 81.8 Å². The van der Waals surface area contributed by atoms with Gasteiger partial charge in [-0.15, -0.1) is 0 Å². The maximum Gasteiger partial charge on any atom is 0.303 e. The molecule has 230 valence electrons. The molecular weight excluding hydrogens is 590 g/mol. The SMILES string of the molecule is CC(=O)OC[C@H]1O[C@@H](Sc2nc3c(c(-c4c[nH]c5ccccc45)c2C#N)CCC3)[C@H](OC(C)=O)[C@@H](OC(C)=O)[C@H]1OC(C)=O. The van der Waals surface area contributed by atoms with Gasteiger partial charge in [0.15, 0.2) is 23.7 Å². The Balaban J connectivity index is 1.62. The zero-order valence-electron chi connectivity index (χ0n) is 24.6. The Bertz CT molecular complexity index is 1660. The third kappa shape index (κ3) is 6.41. The monoisotopic (exact) mass is 621 g/mol. The van der Waals surface area contributed by atoms with Crippen molar-refractivity contribution in [3.05, 3.63) is 47.3 Å². The summed E-state index contributed by atoms with van der Waals surface area (Å²) in [6.07, 6.45) is -0.764. The molecule has 1 aliphatic heterocycles. The van der Waals surface area contributed by atoms with E-state index in [2.05, 4.69) is 11.1 Å². The lowest BCUT2D eigenvalue weighted by molar-refractivity contribution is -0.237. The van der Waals surface area contributed by atoms with E-state index in [0.29, 0.717) is 17.0 Å². The average Bonchev–Trinajstić information content (AvgIpc) is 3.61. The number of esters is 4. The molecule has 5 rings (SSSR count). The van der Waals surface area contributed by atoms with Gasteiger partial charge in [-0.3, -0.25) is 19.2 Å². The van der Waals surface area contributed by atoms with E-state index in [9.17, 15) is 24.4 Å². The molecule has 1 aliphatic carbocycles. The average molecular weight is 622 g/mol. The molecule has 2 aromatic heterocycles. The van der Waals surface area contributed by atoms with Crippen LogP contribution in [0.25, 0.3) is 22.0 Å². The number of carbonyl (C=O) groups is 4. The first kappa shape index (κ1) is 31.0. The summed E-state index contributed by atoms with van der Waals surface area (Å²) in [6.45, 7) is 4.37. The Labute approximate surface area is 257 Å². The van der Waals surface area contributed by atoms with Crippen LogP contribution in [0.1, 0.15) is 50.9 Å². The lowest BCUT2D eigenvalue weighted by Gasteiger charge is -2.44. The Kier molecular flexibility index (Phi) is 9.22. The maximum absolute atomic E-state index is 12.3. The summed E-state index contributed by atoms with van der Waals surface area (Å²) in [4.78, 5) is 56.5. The molecule has 5 atom stereocenters. The number of thioether (sulfide) groups is 1. The van der Waals surface area contributed by atoms with Gasteiger partial charge < -0.3 is 28.7 Å². The van der Waals surface area contributed by atoms with Crippen LogP contribution in [0, 0.1) is 11.3 Å². The van der Waals surface area contributed by atoms with Crippen LogP contribution < -0.4 is 0 Å². The number of nitriles is 1. The molecule has 3 heterocycles. The van der Waals surface area contributed by atoms with Crippen LogP contribution in [0.4, 0.5) is 0 Å². The van der Waals surface area contributed by atoms with E-state index < -0.39 is 53.7 Å². The van der Waals surface area contributed by atoms with Gasteiger partial charge in [0.05, 0.1) is 5.56 Å². The number of H-pyrrole nitrogens is 1. The molecule has 12 nitrogen and oxygen atoms in total. The summed E-state index contributed by atoms with van der Waals surface area (Å²) >= 11 is 1.02. The number of nitrogens with zero attached hydrogens (tertiary/aromatic N) is 2. The third-order valence-corrected chi connectivity index (χ3v) is 8.47. The number of para-hydroxylation sites is 1. The number of hydrogen-bond acceptors (Lipinski definition) is 12. The molecule has 1 saturated heterocycles. The van der Waals surface area contributed by atoms with E-state index in [4.69, 9.17) is 28.7 Å². The molecule has 0 radical (unpaired) electrons. The number of benzene rings is 1. The number of aryl methyl sites for hydroxylation is 1. The van der Waals surface area contributed by atoms with Crippen LogP contribution in [-0.2, 0) is 55.7 Å². The predicted octanol–water partition coefficient (Wildman–Crippen LogP) is 3.77. The van der Waals surface area contributed by atoms with Crippen molar-refractivity contribution < 1.29 is 42.9 Å². The first-order valence-electron chi connectivity index (χ1n) is 14.1. The van der Waals surface area contributed by atoms with Crippen LogP contribution in [0.15, 0.2) is 35.5 Å². The number of aromatic amines is 1. The van der Waals surface area contributed by atoms with Crippen molar-refractivity contribution in [3.8, 4) is 17.2 Å². The van der Waals surface area contributed by atoms with Crippen molar-refractivity contribution >= 4 is 46.5 Å². The van der Waals surface area contributed by atoms with Gasteiger partial charge in [0.2, 0.25) is 0 Å². The van der Waals surface area contributed by atoms with Gasteiger partial charge in [-0.1, -0.05) is 30.0 Å². The highest BCUT2D eigenvalue weighted by Gasteiger charge is 2.53. The fourth-order valence-corrected chi connectivity index (χ4v) is 6.91. The molecule has 2 aliphatic rings. The number of fused-ring (bicyclic) bond motifs is 2. The molecule has 0 spiro atoms. The second kappa shape index (κ2) is 13.1. The molecule has 0 amide bonds. The number of pyridine rings is 1. The van der Waals surface area contributed by atoms with Crippen molar-refractivity contribution in [3.63, 3.8) is 0 Å². The van der Waals surface area contributed by atoms with Gasteiger partial charge in [0.1, 0.15) is 23.8 Å². The number of carbonyl (C=O) groups excluding carboxylic acids is 4. The third-order valence-electron chi connectivity index (χ3n) is 7.34. The standard InChI is InChI=1S/C31H31N3O9S/c1-15(35)39-14-25-27(40-16(2)36)28(41-17(3)37)29(42-18(4)38)31(43-25)44-30-21(12-32)26(20-9-7-11-24(20)34-30)22-13-33-23-10-6-5-8-19(22)23/h5-6,8,10,13,25,27-29,31,33H,7,9,11,14H2,1-4H3/t25-,27+,28+,29-,31+/m1/s1. The van der Waals surface area contributed by atoms with Crippen molar-refractivity contribution in [2.24, 2.45) is 0 Å². The fraction of sp³-hybridized carbons (Fsp3) is 0.419. The van der Waals surface area contributed by atoms with Crippen molar-refractivity contribution in [2.75, 3.05) is 6.61 Å². The van der Waals surface area contributed by atoms with Gasteiger partial charge in [-0.2, -0.15) is 5.26 Å². The highest BCUT2D eigenvalue weighted by atomic mass is 32.2. The first-order valence-corrected chi connectivity index (χ1v) is 14.9. The van der Waals surface area contributed by atoms with Crippen LogP contribution in [-0.4, -0.2) is 70.3 Å². The largest absolute Gasteiger partial charge is 0.463 e. The quantitative estimate of drug-likeness (QED) is 0.286. The molecule has 1 fully saturated rings. The van der Waals surface area contributed by atoms with E-state index in [-0.39, 0.29) is 6.61 Å². The minimum absolute atomic E-state index is 0.313. The Hall–Kier alpha value is -4.41. The summed E-state index contributed by atoms with van der Waals surface area (Å²) in [5.41, 5.74) is 3.60. The number of hydrogen-bond donors (Lipinski definition) is 1. The minimum Gasteiger partial charge on any atom is -0.463 e. The topological polar surface area (TPSA) is 167 Å². The smallest absolute Gasteiger partial charge is 0.303 e. The summed E-state index contributed by atoms with van der Waals surface area (Å²) < 4.78 is 28.1.